The van der Waals surface area contributed by atoms with Gasteiger partial charge in [-0.2, -0.15) is 5.10 Å². The summed E-state index contributed by atoms with van der Waals surface area (Å²) in [4.78, 5) is 0. The molecule has 94 valence electrons. The molecule has 0 aromatic carbocycles. The number of rotatable bonds is 2. The first-order chi connectivity index (χ1) is 8.13. The molecule has 2 fully saturated rings. The number of fused-ring (bicyclic) bond motifs is 1. The number of aryl methyl sites for hydroxylation is 2. The van der Waals surface area contributed by atoms with Gasteiger partial charge in [-0.15, -0.1) is 0 Å². The number of nitrogens with two attached hydrogens (primary N) is 1. The van der Waals surface area contributed by atoms with E-state index in [0.717, 1.165) is 24.8 Å². The summed E-state index contributed by atoms with van der Waals surface area (Å²) in [5.41, 5.74) is 8.51. The summed E-state index contributed by atoms with van der Waals surface area (Å²) in [7, 11) is 2.01. The number of hydrogen-bond donors (Lipinski definition) is 2. The van der Waals surface area contributed by atoms with E-state index in [9.17, 15) is 0 Å². The lowest BCUT2D eigenvalue weighted by Gasteiger charge is -2.17. The van der Waals surface area contributed by atoms with E-state index in [2.05, 4.69) is 23.4 Å². The van der Waals surface area contributed by atoms with E-state index < -0.39 is 0 Å². The minimum Gasteiger partial charge on any atom is -0.328 e. The lowest BCUT2D eigenvalue weighted by Crippen LogP contribution is -2.31. The van der Waals surface area contributed by atoms with Crippen LogP contribution in [0.3, 0.4) is 0 Å². The van der Waals surface area contributed by atoms with Crippen molar-refractivity contribution in [3.8, 4) is 0 Å². The fraction of sp³-hybridized carbons (Fsp3) is 0.769. The Morgan fingerprint density at radius 2 is 2.35 bits per heavy atom. The highest BCUT2D eigenvalue weighted by atomic mass is 15.3. The highest BCUT2D eigenvalue weighted by Gasteiger charge is 2.42. The third-order valence-electron chi connectivity index (χ3n) is 4.54. The van der Waals surface area contributed by atoms with E-state index in [1.807, 2.05) is 11.7 Å². The van der Waals surface area contributed by atoms with E-state index in [0.29, 0.717) is 12.1 Å². The van der Waals surface area contributed by atoms with Crippen LogP contribution in [0, 0.1) is 18.8 Å². The Hall–Kier alpha value is -0.870. The lowest BCUT2D eigenvalue weighted by atomic mass is 9.91. The van der Waals surface area contributed by atoms with Crippen LogP contribution >= 0.6 is 0 Å². The summed E-state index contributed by atoms with van der Waals surface area (Å²) in [5.74, 6) is 1.58. The Morgan fingerprint density at radius 1 is 1.53 bits per heavy atom. The zero-order chi connectivity index (χ0) is 12.0. The van der Waals surface area contributed by atoms with Crippen LogP contribution in [0.1, 0.15) is 24.2 Å². The fourth-order valence-corrected chi connectivity index (χ4v) is 3.57. The smallest absolute Gasteiger partial charge is 0.0642 e. The molecular formula is C13H22N4. The number of hydrogen-bond acceptors (Lipinski definition) is 3. The van der Waals surface area contributed by atoms with Crippen LogP contribution in [-0.4, -0.2) is 28.4 Å². The third kappa shape index (κ3) is 2.00. The van der Waals surface area contributed by atoms with Gasteiger partial charge < -0.3 is 11.1 Å². The Morgan fingerprint density at radius 3 is 3.06 bits per heavy atom. The molecule has 1 aromatic heterocycles. The monoisotopic (exact) mass is 234 g/mol. The van der Waals surface area contributed by atoms with Crippen molar-refractivity contribution in [2.75, 3.05) is 6.54 Å². The lowest BCUT2D eigenvalue weighted by molar-refractivity contribution is 0.403. The molecule has 4 heteroatoms. The largest absolute Gasteiger partial charge is 0.328 e. The normalized spacial score (nSPS) is 36.4. The van der Waals surface area contributed by atoms with Crippen LogP contribution in [-0.2, 0) is 13.5 Å². The summed E-state index contributed by atoms with van der Waals surface area (Å²) in [6.07, 6.45) is 3.44. The molecule has 4 unspecified atom stereocenters. The first kappa shape index (κ1) is 11.2. The van der Waals surface area contributed by atoms with Gasteiger partial charge in [-0.05, 0) is 44.2 Å². The second-order valence-corrected chi connectivity index (χ2v) is 5.77. The second-order valence-electron chi connectivity index (χ2n) is 5.77. The van der Waals surface area contributed by atoms with E-state index in [4.69, 9.17) is 5.73 Å². The van der Waals surface area contributed by atoms with E-state index >= 15 is 0 Å². The van der Waals surface area contributed by atoms with Gasteiger partial charge in [-0.1, -0.05) is 0 Å². The third-order valence-corrected chi connectivity index (χ3v) is 4.54. The quantitative estimate of drug-likeness (QED) is 0.788. The van der Waals surface area contributed by atoms with Crippen LogP contribution < -0.4 is 11.1 Å². The maximum Gasteiger partial charge on any atom is 0.0642 e. The minimum absolute atomic E-state index is 0.431. The SMILES string of the molecule is Cc1cc(CC2NCC3CC(N)CC32)nn1C. The maximum atomic E-state index is 6.06. The molecule has 1 aliphatic heterocycles. The Labute approximate surface area is 103 Å². The zero-order valence-electron chi connectivity index (χ0n) is 10.7. The molecule has 4 atom stereocenters. The molecule has 2 heterocycles. The predicted octanol–water partition coefficient (Wildman–Crippen LogP) is 0.596. The molecule has 17 heavy (non-hydrogen) atoms. The molecule has 2 aliphatic rings. The van der Waals surface area contributed by atoms with Crippen LogP contribution in [0.15, 0.2) is 6.07 Å². The summed E-state index contributed by atoms with van der Waals surface area (Å²) in [6, 6.07) is 3.21. The standard InChI is InChI=1S/C13H22N4/c1-8-3-11(16-17(8)2)6-13-12-5-10(14)4-9(12)7-15-13/h3,9-10,12-13,15H,4-7,14H2,1-2H3. The van der Waals surface area contributed by atoms with Crippen LogP contribution in [0.2, 0.25) is 0 Å². The molecular weight excluding hydrogens is 212 g/mol. The fourth-order valence-electron chi connectivity index (χ4n) is 3.57. The van der Waals surface area contributed by atoms with Gasteiger partial charge in [0.1, 0.15) is 0 Å². The van der Waals surface area contributed by atoms with Gasteiger partial charge in [0.05, 0.1) is 5.69 Å². The Balaban J connectivity index is 1.70. The predicted molar refractivity (Wildman–Crippen MR) is 67.6 cm³/mol. The maximum absolute atomic E-state index is 6.06. The molecule has 1 saturated carbocycles. The van der Waals surface area contributed by atoms with E-state index in [-0.39, 0.29) is 0 Å². The van der Waals surface area contributed by atoms with Gasteiger partial charge in [0.2, 0.25) is 0 Å². The number of nitrogens with one attached hydrogen (secondary N) is 1. The summed E-state index contributed by atoms with van der Waals surface area (Å²) in [5, 5.41) is 8.20. The van der Waals surface area contributed by atoms with Crippen molar-refractivity contribution in [2.24, 2.45) is 24.6 Å². The van der Waals surface area contributed by atoms with Crippen molar-refractivity contribution in [3.63, 3.8) is 0 Å². The van der Waals surface area contributed by atoms with E-state index in [1.165, 1.54) is 24.2 Å². The number of aromatic nitrogens is 2. The summed E-state index contributed by atoms with van der Waals surface area (Å²) in [6.45, 7) is 3.25. The van der Waals surface area contributed by atoms with Crippen LogP contribution in [0.25, 0.3) is 0 Å². The van der Waals surface area contributed by atoms with Gasteiger partial charge in [-0.25, -0.2) is 0 Å². The Kier molecular flexibility index (Phi) is 2.71. The van der Waals surface area contributed by atoms with Gasteiger partial charge in [0, 0.05) is 31.2 Å². The van der Waals surface area contributed by atoms with Crippen molar-refractivity contribution >= 4 is 0 Å². The first-order valence-corrected chi connectivity index (χ1v) is 6.62. The molecule has 4 nitrogen and oxygen atoms in total. The van der Waals surface area contributed by atoms with Gasteiger partial charge >= 0.3 is 0 Å². The van der Waals surface area contributed by atoms with Gasteiger partial charge in [0.15, 0.2) is 0 Å². The molecule has 3 rings (SSSR count). The number of nitrogens with zero attached hydrogens (tertiary/aromatic N) is 2. The van der Waals surface area contributed by atoms with Gasteiger partial charge in [-0.3, -0.25) is 4.68 Å². The zero-order valence-corrected chi connectivity index (χ0v) is 10.7. The highest BCUT2D eigenvalue weighted by molar-refractivity contribution is 5.12. The molecule has 0 amide bonds. The average molecular weight is 234 g/mol. The van der Waals surface area contributed by atoms with Crippen molar-refractivity contribution in [1.82, 2.24) is 15.1 Å². The first-order valence-electron chi connectivity index (χ1n) is 6.62. The minimum atomic E-state index is 0.431. The van der Waals surface area contributed by atoms with E-state index in [1.54, 1.807) is 0 Å². The van der Waals surface area contributed by atoms with Crippen molar-refractivity contribution < 1.29 is 0 Å². The molecule has 0 spiro atoms. The summed E-state index contributed by atoms with van der Waals surface area (Å²) >= 11 is 0. The molecule has 1 aromatic rings. The molecule has 0 radical (unpaired) electrons. The van der Waals surface area contributed by atoms with Crippen molar-refractivity contribution in [3.05, 3.63) is 17.5 Å². The molecule has 1 saturated heterocycles. The van der Waals surface area contributed by atoms with Gasteiger partial charge in [0.25, 0.3) is 0 Å². The highest BCUT2D eigenvalue weighted by Crippen LogP contribution is 2.38. The van der Waals surface area contributed by atoms with Crippen LogP contribution in [0.5, 0.6) is 0 Å². The second kappa shape index (κ2) is 4.10. The topological polar surface area (TPSA) is 55.9 Å². The molecule has 1 aliphatic carbocycles. The van der Waals surface area contributed by atoms with Crippen molar-refractivity contribution in [1.29, 1.82) is 0 Å². The molecule has 3 N–H and O–H groups in total. The van der Waals surface area contributed by atoms with Crippen molar-refractivity contribution in [2.45, 2.75) is 38.3 Å². The molecule has 0 bridgehead atoms. The summed E-state index contributed by atoms with van der Waals surface area (Å²) < 4.78 is 1.96. The Bertz CT molecular complexity index is 392. The van der Waals surface area contributed by atoms with Crippen LogP contribution in [0.4, 0.5) is 0 Å². The average Bonchev–Trinajstić information content (AvgIpc) is 2.87.